The van der Waals surface area contributed by atoms with Crippen LogP contribution in [-0.4, -0.2) is 104 Å². The Morgan fingerprint density at radius 1 is 0.411 bits per heavy atom. The number of ether oxygens (including phenoxy) is 6. The summed E-state index contributed by atoms with van der Waals surface area (Å²) in [7, 11) is -21.6. The van der Waals surface area contributed by atoms with Crippen LogP contribution in [0.5, 0.6) is 46.0 Å². The highest BCUT2D eigenvalue weighted by molar-refractivity contribution is 7.88. The maximum absolute atomic E-state index is 13.7. The second-order valence-corrected chi connectivity index (χ2v) is 20.5. The SMILES string of the molecule is COCCOCOc1ccc(OS(=O)(=O)C(F)(F)F)cc1Cc1cc(OS(=O)(=O)C(F)(F)F)cc(Cc2cc(OS(=O)(=O)C(F)(F)F)cc(Cc3cc(OS(=O)(=O)C(F)(F)F)cc(C)c3OC)c2OC)c1OC. The third-order valence-electron chi connectivity index (χ3n) is 9.23. The Hall–Kier alpha value is -5.84. The number of hydrogen-bond acceptors (Lipinski definition) is 18. The number of rotatable bonds is 23. The number of alkyl halides is 12. The van der Waals surface area contributed by atoms with Crippen molar-refractivity contribution in [1.29, 1.82) is 0 Å². The molecule has 34 heteroatoms. The molecule has 4 aromatic rings. The van der Waals surface area contributed by atoms with Crippen LogP contribution in [0.4, 0.5) is 52.7 Å². The molecule has 18 nitrogen and oxygen atoms in total. The maximum Gasteiger partial charge on any atom is 0.534 e. The van der Waals surface area contributed by atoms with E-state index < -0.39 is 145 Å². The van der Waals surface area contributed by atoms with Crippen LogP contribution in [0, 0.1) is 6.92 Å². The molecule has 408 valence electrons. The second kappa shape index (κ2) is 22.3. The van der Waals surface area contributed by atoms with Crippen LogP contribution >= 0.6 is 0 Å². The highest BCUT2D eigenvalue weighted by Gasteiger charge is 2.51. The summed E-state index contributed by atoms with van der Waals surface area (Å²) in [6.07, 6.45) is -2.57. The van der Waals surface area contributed by atoms with E-state index in [2.05, 4.69) is 16.7 Å². The van der Waals surface area contributed by atoms with E-state index in [4.69, 9.17) is 28.4 Å². The quantitative estimate of drug-likeness (QED) is 0.0228. The van der Waals surface area contributed by atoms with E-state index in [0.29, 0.717) is 42.5 Å². The van der Waals surface area contributed by atoms with Crippen molar-refractivity contribution in [2.75, 3.05) is 48.4 Å². The van der Waals surface area contributed by atoms with Gasteiger partial charge in [0, 0.05) is 59.8 Å². The third kappa shape index (κ3) is 14.7. The Bertz CT molecular complexity index is 3100. The molecule has 0 aliphatic rings. The minimum atomic E-state index is -6.57. The van der Waals surface area contributed by atoms with Gasteiger partial charge in [-0.2, -0.15) is 86.4 Å². The summed E-state index contributed by atoms with van der Waals surface area (Å²) in [6, 6.07) is 6.08. The molecule has 0 aliphatic carbocycles. The van der Waals surface area contributed by atoms with Crippen molar-refractivity contribution in [3.63, 3.8) is 0 Å². The molecular weight excluding hydrogens is 1110 g/mol. The zero-order valence-electron chi connectivity index (χ0n) is 37.5. The van der Waals surface area contributed by atoms with Crippen molar-refractivity contribution in [2.24, 2.45) is 0 Å². The molecule has 4 rings (SSSR count). The first-order valence-corrected chi connectivity index (χ1v) is 25.0. The van der Waals surface area contributed by atoms with Gasteiger partial charge >= 0.3 is 62.5 Å². The number of halogens is 12. The van der Waals surface area contributed by atoms with Crippen molar-refractivity contribution < 1.29 is 132 Å². The second-order valence-electron chi connectivity index (χ2n) is 14.4. The highest BCUT2D eigenvalue weighted by atomic mass is 32.2. The third-order valence-corrected chi connectivity index (χ3v) is 13.1. The van der Waals surface area contributed by atoms with Crippen molar-refractivity contribution in [3.8, 4) is 46.0 Å². The van der Waals surface area contributed by atoms with Crippen LogP contribution in [0.1, 0.15) is 38.9 Å². The first kappa shape index (κ1) is 59.7. The molecule has 0 bridgehead atoms. The van der Waals surface area contributed by atoms with E-state index in [-0.39, 0.29) is 41.4 Å². The summed E-state index contributed by atoms with van der Waals surface area (Å²) >= 11 is 0. The molecule has 0 fully saturated rings. The van der Waals surface area contributed by atoms with Gasteiger partial charge in [0.1, 0.15) is 46.0 Å². The van der Waals surface area contributed by atoms with Crippen molar-refractivity contribution in [1.82, 2.24) is 0 Å². The molecule has 0 N–H and O–H groups in total. The number of aryl methyl sites for hydroxylation is 1. The normalized spacial score (nSPS) is 13.1. The van der Waals surface area contributed by atoms with Crippen molar-refractivity contribution in [3.05, 3.63) is 93.5 Å². The average molecular weight is 1150 g/mol. The Balaban J connectivity index is 2.05. The monoisotopic (exact) mass is 1150 g/mol. The molecule has 0 heterocycles. The molecule has 0 saturated heterocycles. The molecule has 0 unspecified atom stereocenters. The summed E-state index contributed by atoms with van der Waals surface area (Å²) in [5.74, 6) is -5.96. The van der Waals surface area contributed by atoms with Gasteiger partial charge in [-0.3, -0.25) is 0 Å². The molecule has 0 atom stereocenters. The topological polar surface area (TPSA) is 229 Å². The van der Waals surface area contributed by atoms with Gasteiger partial charge in [0.2, 0.25) is 0 Å². The molecular formula is C39H36F12O18S4. The molecule has 0 saturated carbocycles. The van der Waals surface area contributed by atoms with Crippen molar-refractivity contribution in [2.45, 2.75) is 48.2 Å². The molecule has 73 heavy (non-hydrogen) atoms. The summed E-state index contributed by atoms with van der Waals surface area (Å²) in [6.45, 7) is 0.498. The van der Waals surface area contributed by atoms with Crippen LogP contribution in [0.2, 0.25) is 0 Å². The lowest BCUT2D eigenvalue weighted by molar-refractivity contribution is -0.0504. The van der Waals surface area contributed by atoms with Gasteiger partial charge in [0.05, 0.1) is 34.5 Å². The number of benzene rings is 4. The maximum atomic E-state index is 13.7. The van der Waals surface area contributed by atoms with Gasteiger partial charge in [0.15, 0.2) is 6.79 Å². The average Bonchev–Trinajstić information content (AvgIpc) is 3.22. The van der Waals surface area contributed by atoms with Gasteiger partial charge in [-0.05, 0) is 67.1 Å². The largest absolute Gasteiger partial charge is 0.534 e. The minimum absolute atomic E-state index is 0.0269. The molecule has 0 radical (unpaired) electrons. The van der Waals surface area contributed by atoms with Gasteiger partial charge in [0.25, 0.3) is 0 Å². The predicted octanol–water partition coefficient (Wildman–Crippen LogP) is 7.71. The van der Waals surface area contributed by atoms with Crippen molar-refractivity contribution >= 4 is 40.5 Å². The smallest absolute Gasteiger partial charge is 0.496 e. The Kier molecular flexibility index (Phi) is 18.3. The van der Waals surface area contributed by atoms with Gasteiger partial charge in [-0.25, -0.2) is 0 Å². The Morgan fingerprint density at radius 2 is 0.726 bits per heavy atom. The minimum Gasteiger partial charge on any atom is -0.496 e. The standard InChI is InChI=1S/C39H36F12O18S4/c1-21-10-29(67-71(54,55)37(43,44)45)15-23(33(21)61-3)12-25-17-31(69-73(58,59)39(49,50)51)19-27(35(25)63-5)13-26-18-30(68-72(56,57)38(46,47)48)16-24(34(26)62-4)11-22-14-28(66-70(52,53)36(40,41)42)6-7-32(22)65-20-64-9-8-60-2/h6-7,10,14-19H,8-9,11-13,20H2,1-5H3. The molecule has 0 amide bonds. The van der Waals surface area contributed by atoms with Crippen LogP contribution in [0.3, 0.4) is 0 Å². The summed E-state index contributed by atoms with van der Waals surface area (Å²) in [4.78, 5) is 0. The van der Waals surface area contributed by atoms with Gasteiger partial charge in [-0.15, -0.1) is 0 Å². The molecule has 0 aromatic heterocycles. The zero-order chi connectivity index (χ0) is 55.3. The van der Waals surface area contributed by atoms with Crippen LogP contribution < -0.4 is 35.7 Å². The fourth-order valence-electron chi connectivity index (χ4n) is 6.38. The summed E-state index contributed by atoms with van der Waals surface area (Å²) < 4.78 is 308. The van der Waals surface area contributed by atoms with Gasteiger partial charge < -0.3 is 45.2 Å². The fraction of sp³-hybridized carbons (Fsp3) is 0.385. The van der Waals surface area contributed by atoms with E-state index in [1.165, 1.54) is 14.0 Å². The lowest BCUT2D eigenvalue weighted by Crippen LogP contribution is -2.28. The highest BCUT2D eigenvalue weighted by Crippen LogP contribution is 2.43. The number of hydrogen-bond donors (Lipinski definition) is 0. The first-order valence-electron chi connectivity index (χ1n) is 19.3. The number of methoxy groups -OCH3 is 4. The fourth-order valence-corrected chi connectivity index (χ4v) is 8.16. The van der Waals surface area contributed by atoms with E-state index in [1.54, 1.807) is 0 Å². The zero-order valence-corrected chi connectivity index (χ0v) is 40.7. The van der Waals surface area contributed by atoms with Crippen LogP contribution in [0.15, 0.2) is 54.6 Å². The van der Waals surface area contributed by atoms with E-state index in [1.807, 2.05) is 0 Å². The molecule has 4 aromatic carbocycles. The van der Waals surface area contributed by atoms with E-state index >= 15 is 0 Å². The van der Waals surface area contributed by atoms with Gasteiger partial charge in [-0.1, -0.05) is 0 Å². The summed E-state index contributed by atoms with van der Waals surface area (Å²) in [5, 5.41) is 0. The summed E-state index contributed by atoms with van der Waals surface area (Å²) in [5.41, 5.74) is -26.8. The molecule has 0 spiro atoms. The predicted molar refractivity (Wildman–Crippen MR) is 224 cm³/mol. The Morgan fingerprint density at radius 3 is 1.07 bits per heavy atom. The van der Waals surface area contributed by atoms with E-state index in [0.717, 1.165) is 33.5 Å². The first-order chi connectivity index (χ1) is 33.4. The Labute approximate surface area is 407 Å². The van der Waals surface area contributed by atoms with Crippen LogP contribution in [-0.2, 0) is 69.2 Å². The van der Waals surface area contributed by atoms with E-state index in [9.17, 15) is 86.4 Å². The lowest BCUT2D eigenvalue weighted by Gasteiger charge is -2.21. The molecule has 0 aliphatic heterocycles. The lowest BCUT2D eigenvalue weighted by atomic mass is 9.93. The van der Waals surface area contributed by atoms with Crippen LogP contribution in [0.25, 0.3) is 0 Å².